The molecule has 3 heteroatoms. The van der Waals surface area contributed by atoms with Crippen LogP contribution >= 0.6 is 15.9 Å². The number of aryl methyl sites for hydroxylation is 1. The summed E-state index contributed by atoms with van der Waals surface area (Å²) in [6.45, 7) is 3.93. The van der Waals surface area contributed by atoms with Gasteiger partial charge < -0.3 is 5.11 Å². The van der Waals surface area contributed by atoms with Crippen molar-refractivity contribution in [3.63, 3.8) is 0 Å². The molecule has 0 heterocycles. The Hall–Kier alpha value is -0.830. The second-order valence-corrected chi connectivity index (χ2v) is 4.38. The van der Waals surface area contributed by atoms with Gasteiger partial charge in [-0.05, 0) is 30.0 Å². The summed E-state index contributed by atoms with van der Waals surface area (Å²) >= 11 is 3.44. The first-order chi connectivity index (χ1) is 6.50. The number of aliphatic carboxylic acids is 1. The quantitative estimate of drug-likeness (QED) is 0.901. The van der Waals surface area contributed by atoms with Gasteiger partial charge in [0.2, 0.25) is 0 Å². The van der Waals surface area contributed by atoms with Gasteiger partial charge in [-0.1, -0.05) is 35.0 Å². The molecule has 0 aliphatic carbocycles. The Labute approximate surface area is 92.1 Å². The molecule has 0 radical (unpaired) electrons. The van der Waals surface area contributed by atoms with Crippen LogP contribution in [0.4, 0.5) is 0 Å². The molecule has 0 fully saturated rings. The molecular formula is C11H13BrO2. The van der Waals surface area contributed by atoms with Crippen molar-refractivity contribution in [3.8, 4) is 0 Å². The van der Waals surface area contributed by atoms with E-state index in [9.17, 15) is 4.79 Å². The minimum absolute atomic E-state index is 0.0440. The lowest BCUT2D eigenvalue weighted by molar-refractivity contribution is -0.137. The van der Waals surface area contributed by atoms with Crippen LogP contribution in [0.1, 0.15) is 30.4 Å². The van der Waals surface area contributed by atoms with Crippen molar-refractivity contribution in [2.24, 2.45) is 0 Å². The fraction of sp³-hybridized carbons (Fsp3) is 0.364. The lowest BCUT2D eigenvalue weighted by Crippen LogP contribution is -2.03. The van der Waals surface area contributed by atoms with Crippen molar-refractivity contribution < 1.29 is 9.90 Å². The van der Waals surface area contributed by atoms with E-state index in [0.717, 1.165) is 10.0 Å². The number of hydrogen-bond donors (Lipinski definition) is 1. The number of carboxylic acids is 1. The molecule has 0 aliphatic heterocycles. The monoisotopic (exact) mass is 256 g/mol. The largest absolute Gasteiger partial charge is 0.481 e. The third kappa shape index (κ3) is 2.84. The topological polar surface area (TPSA) is 37.3 Å². The average molecular weight is 257 g/mol. The van der Waals surface area contributed by atoms with E-state index >= 15 is 0 Å². The van der Waals surface area contributed by atoms with Gasteiger partial charge in [0.05, 0.1) is 6.42 Å². The van der Waals surface area contributed by atoms with E-state index in [0.29, 0.717) is 0 Å². The van der Waals surface area contributed by atoms with E-state index in [4.69, 9.17) is 5.11 Å². The fourth-order valence-electron chi connectivity index (χ4n) is 1.40. The van der Waals surface area contributed by atoms with Crippen LogP contribution in [-0.2, 0) is 4.79 Å². The van der Waals surface area contributed by atoms with Crippen LogP contribution in [-0.4, -0.2) is 11.1 Å². The highest BCUT2D eigenvalue weighted by Crippen LogP contribution is 2.27. The first-order valence-electron chi connectivity index (χ1n) is 4.48. The summed E-state index contributed by atoms with van der Waals surface area (Å²) < 4.78 is 0.992. The van der Waals surface area contributed by atoms with Crippen LogP contribution in [0.3, 0.4) is 0 Å². The van der Waals surface area contributed by atoms with Gasteiger partial charge in [0.1, 0.15) is 0 Å². The van der Waals surface area contributed by atoms with Crippen molar-refractivity contribution in [1.29, 1.82) is 0 Å². The number of carbonyl (C=O) groups is 1. The molecule has 0 spiro atoms. The van der Waals surface area contributed by atoms with E-state index < -0.39 is 5.97 Å². The Bertz CT molecular complexity index is 347. The van der Waals surface area contributed by atoms with Crippen LogP contribution < -0.4 is 0 Å². The maximum Gasteiger partial charge on any atom is 0.303 e. The van der Waals surface area contributed by atoms with Crippen molar-refractivity contribution in [2.75, 3.05) is 0 Å². The van der Waals surface area contributed by atoms with Crippen molar-refractivity contribution in [3.05, 3.63) is 33.8 Å². The van der Waals surface area contributed by atoms with Crippen molar-refractivity contribution in [1.82, 2.24) is 0 Å². The molecule has 1 N–H and O–H groups in total. The van der Waals surface area contributed by atoms with Gasteiger partial charge in [-0.15, -0.1) is 0 Å². The lowest BCUT2D eigenvalue weighted by Gasteiger charge is -2.11. The molecule has 1 aromatic carbocycles. The van der Waals surface area contributed by atoms with E-state index in [-0.39, 0.29) is 12.3 Å². The standard InChI is InChI=1S/C11H13BrO2/c1-7-3-4-9(10(12)5-7)8(2)6-11(13)14/h3-5,8H,6H2,1-2H3,(H,13,14). The lowest BCUT2D eigenvalue weighted by atomic mass is 9.97. The molecule has 1 rings (SSSR count). The second kappa shape index (κ2) is 4.60. The third-order valence-electron chi connectivity index (χ3n) is 2.17. The molecule has 0 aliphatic rings. The zero-order valence-corrected chi connectivity index (χ0v) is 9.84. The minimum atomic E-state index is -0.759. The van der Waals surface area contributed by atoms with E-state index in [1.54, 1.807) is 0 Å². The second-order valence-electron chi connectivity index (χ2n) is 3.52. The highest BCUT2D eigenvalue weighted by Gasteiger charge is 2.12. The van der Waals surface area contributed by atoms with Crippen LogP contribution in [0.2, 0.25) is 0 Å². The van der Waals surface area contributed by atoms with Crippen LogP contribution in [0.15, 0.2) is 22.7 Å². The molecule has 0 saturated heterocycles. The summed E-state index contributed by atoms with van der Waals surface area (Å²) in [5.41, 5.74) is 2.22. The summed E-state index contributed by atoms with van der Waals surface area (Å²) in [6.07, 6.45) is 0.168. The Morgan fingerprint density at radius 1 is 1.57 bits per heavy atom. The molecule has 1 unspecified atom stereocenters. The molecule has 2 nitrogen and oxygen atoms in total. The normalized spacial score (nSPS) is 12.5. The maximum atomic E-state index is 10.5. The zero-order valence-electron chi connectivity index (χ0n) is 8.25. The SMILES string of the molecule is Cc1ccc(C(C)CC(=O)O)c(Br)c1. The van der Waals surface area contributed by atoms with E-state index in [2.05, 4.69) is 15.9 Å². The smallest absolute Gasteiger partial charge is 0.303 e. The summed E-state index contributed by atoms with van der Waals surface area (Å²) in [6, 6.07) is 5.99. The molecule has 0 bridgehead atoms. The van der Waals surface area contributed by atoms with Gasteiger partial charge in [-0.3, -0.25) is 4.79 Å². The zero-order chi connectivity index (χ0) is 10.7. The van der Waals surface area contributed by atoms with Gasteiger partial charge in [-0.25, -0.2) is 0 Å². The van der Waals surface area contributed by atoms with Crippen LogP contribution in [0.5, 0.6) is 0 Å². The first-order valence-corrected chi connectivity index (χ1v) is 5.28. The summed E-state index contributed by atoms with van der Waals surface area (Å²) in [4.78, 5) is 10.5. The molecule has 14 heavy (non-hydrogen) atoms. The predicted octanol–water partition coefficient (Wildman–Crippen LogP) is 3.34. The highest BCUT2D eigenvalue weighted by atomic mass is 79.9. The molecule has 1 aromatic rings. The summed E-state index contributed by atoms with van der Waals surface area (Å²) in [5, 5.41) is 8.68. The van der Waals surface area contributed by atoms with Crippen LogP contribution in [0, 0.1) is 6.92 Å². The minimum Gasteiger partial charge on any atom is -0.481 e. The number of rotatable bonds is 3. The van der Waals surface area contributed by atoms with Crippen molar-refractivity contribution in [2.45, 2.75) is 26.2 Å². The Kier molecular flexibility index (Phi) is 3.69. The maximum absolute atomic E-state index is 10.5. The summed E-state index contributed by atoms with van der Waals surface area (Å²) in [5.74, 6) is -0.715. The van der Waals surface area contributed by atoms with Gasteiger partial charge in [0, 0.05) is 4.47 Å². The Morgan fingerprint density at radius 3 is 2.71 bits per heavy atom. The molecule has 0 aromatic heterocycles. The van der Waals surface area contributed by atoms with Crippen LogP contribution in [0.25, 0.3) is 0 Å². The Morgan fingerprint density at radius 2 is 2.21 bits per heavy atom. The molecule has 76 valence electrons. The van der Waals surface area contributed by atoms with Gasteiger partial charge in [0.25, 0.3) is 0 Å². The van der Waals surface area contributed by atoms with Gasteiger partial charge >= 0.3 is 5.97 Å². The molecular weight excluding hydrogens is 244 g/mol. The predicted molar refractivity (Wildman–Crippen MR) is 59.5 cm³/mol. The third-order valence-corrected chi connectivity index (χ3v) is 2.85. The number of carboxylic acid groups (broad SMARTS) is 1. The molecule has 1 atom stereocenters. The van der Waals surface area contributed by atoms with E-state index in [1.165, 1.54) is 5.56 Å². The number of hydrogen-bond acceptors (Lipinski definition) is 1. The number of halogens is 1. The average Bonchev–Trinajstić information content (AvgIpc) is 2.01. The molecule has 0 saturated carbocycles. The van der Waals surface area contributed by atoms with Gasteiger partial charge in [0.15, 0.2) is 0 Å². The Balaban J connectivity index is 2.90. The van der Waals surface area contributed by atoms with Gasteiger partial charge in [-0.2, -0.15) is 0 Å². The highest BCUT2D eigenvalue weighted by molar-refractivity contribution is 9.10. The molecule has 0 amide bonds. The van der Waals surface area contributed by atoms with Crippen molar-refractivity contribution >= 4 is 21.9 Å². The summed E-state index contributed by atoms with van der Waals surface area (Å²) in [7, 11) is 0. The first kappa shape index (κ1) is 11.2. The fourth-order valence-corrected chi connectivity index (χ4v) is 2.29. The van der Waals surface area contributed by atoms with E-state index in [1.807, 2.05) is 32.0 Å². The number of benzene rings is 1.